The molecular formula is C17H20N6OS. The first-order valence-electron chi connectivity index (χ1n) is 8.39. The van der Waals surface area contributed by atoms with Crippen LogP contribution in [-0.4, -0.2) is 50.2 Å². The highest BCUT2D eigenvalue weighted by Gasteiger charge is 2.32. The largest absolute Gasteiger partial charge is 0.338 e. The minimum Gasteiger partial charge on any atom is -0.338 e. The summed E-state index contributed by atoms with van der Waals surface area (Å²) >= 11 is 1.61. The topological polar surface area (TPSA) is 89.9 Å². The summed E-state index contributed by atoms with van der Waals surface area (Å²) < 4.78 is 1.82. The Balaban J connectivity index is 1.59. The third kappa shape index (κ3) is 2.91. The van der Waals surface area contributed by atoms with Crippen LogP contribution in [0.2, 0.25) is 0 Å². The molecule has 4 heterocycles. The van der Waals surface area contributed by atoms with Crippen LogP contribution in [0.1, 0.15) is 33.3 Å². The lowest BCUT2D eigenvalue weighted by Gasteiger charge is -2.15. The second kappa shape index (κ2) is 6.53. The SMILES string of the molecule is Cc1cc(C(=O)N2CC[C@@H](c3nn(CCN)c4nccnc34)C2)cs1. The number of hydrogen-bond donors (Lipinski definition) is 1. The fourth-order valence-corrected chi connectivity index (χ4v) is 4.06. The Kier molecular flexibility index (Phi) is 4.22. The van der Waals surface area contributed by atoms with Gasteiger partial charge in [-0.05, 0) is 19.4 Å². The number of aromatic nitrogens is 4. The maximum Gasteiger partial charge on any atom is 0.254 e. The van der Waals surface area contributed by atoms with E-state index in [1.165, 1.54) is 0 Å². The highest BCUT2D eigenvalue weighted by atomic mass is 32.1. The van der Waals surface area contributed by atoms with E-state index in [1.807, 2.05) is 28.0 Å². The normalized spacial score (nSPS) is 17.5. The summed E-state index contributed by atoms with van der Waals surface area (Å²) in [4.78, 5) is 24.6. The van der Waals surface area contributed by atoms with Gasteiger partial charge < -0.3 is 10.6 Å². The molecular weight excluding hydrogens is 336 g/mol. The Morgan fingerprint density at radius 3 is 3.00 bits per heavy atom. The van der Waals surface area contributed by atoms with Crippen LogP contribution in [-0.2, 0) is 6.54 Å². The molecule has 0 aliphatic carbocycles. The van der Waals surface area contributed by atoms with Gasteiger partial charge in [-0.3, -0.25) is 4.79 Å². The highest BCUT2D eigenvalue weighted by molar-refractivity contribution is 7.10. The van der Waals surface area contributed by atoms with E-state index in [0.717, 1.165) is 40.3 Å². The van der Waals surface area contributed by atoms with Gasteiger partial charge in [0.05, 0.1) is 17.8 Å². The molecule has 1 atom stereocenters. The summed E-state index contributed by atoms with van der Waals surface area (Å²) in [6, 6.07) is 1.96. The molecule has 0 bridgehead atoms. The van der Waals surface area contributed by atoms with E-state index in [0.29, 0.717) is 19.6 Å². The van der Waals surface area contributed by atoms with Crippen molar-refractivity contribution in [3.8, 4) is 0 Å². The van der Waals surface area contributed by atoms with Crippen molar-refractivity contribution in [2.24, 2.45) is 5.73 Å². The van der Waals surface area contributed by atoms with Crippen molar-refractivity contribution >= 4 is 28.4 Å². The van der Waals surface area contributed by atoms with Gasteiger partial charge in [-0.15, -0.1) is 11.3 Å². The van der Waals surface area contributed by atoms with Crippen molar-refractivity contribution < 1.29 is 4.79 Å². The number of thiophene rings is 1. The maximum absolute atomic E-state index is 12.7. The van der Waals surface area contributed by atoms with E-state index < -0.39 is 0 Å². The summed E-state index contributed by atoms with van der Waals surface area (Å²) in [6.45, 7) is 4.53. The third-order valence-electron chi connectivity index (χ3n) is 4.58. The second-order valence-corrected chi connectivity index (χ2v) is 7.42. The predicted octanol–water partition coefficient (Wildman–Crippen LogP) is 1.78. The van der Waals surface area contributed by atoms with Crippen LogP contribution in [0.15, 0.2) is 23.8 Å². The summed E-state index contributed by atoms with van der Waals surface area (Å²) in [6.07, 6.45) is 4.25. The van der Waals surface area contributed by atoms with Gasteiger partial charge in [0.15, 0.2) is 5.65 Å². The molecule has 3 aromatic rings. The van der Waals surface area contributed by atoms with Gasteiger partial charge in [0.2, 0.25) is 0 Å². The molecule has 1 aliphatic heterocycles. The quantitative estimate of drug-likeness (QED) is 0.770. The summed E-state index contributed by atoms with van der Waals surface area (Å²) in [5.41, 5.74) is 8.97. The molecule has 1 amide bonds. The zero-order chi connectivity index (χ0) is 17.4. The van der Waals surface area contributed by atoms with Gasteiger partial charge in [-0.2, -0.15) is 5.10 Å². The molecule has 2 N–H and O–H groups in total. The van der Waals surface area contributed by atoms with Crippen molar-refractivity contribution in [1.82, 2.24) is 24.6 Å². The van der Waals surface area contributed by atoms with E-state index in [-0.39, 0.29) is 11.8 Å². The number of rotatable bonds is 4. The van der Waals surface area contributed by atoms with Crippen LogP contribution in [0.25, 0.3) is 11.2 Å². The second-order valence-electron chi connectivity index (χ2n) is 6.31. The molecule has 4 rings (SSSR count). The monoisotopic (exact) mass is 356 g/mol. The summed E-state index contributed by atoms with van der Waals surface area (Å²) in [5, 5.41) is 6.64. The molecule has 0 aromatic carbocycles. The molecule has 8 heteroatoms. The van der Waals surface area contributed by atoms with Gasteiger partial charge >= 0.3 is 0 Å². The fraction of sp³-hybridized carbons (Fsp3) is 0.412. The smallest absolute Gasteiger partial charge is 0.254 e. The zero-order valence-electron chi connectivity index (χ0n) is 14.1. The number of nitrogens with zero attached hydrogens (tertiary/aromatic N) is 5. The highest BCUT2D eigenvalue weighted by Crippen LogP contribution is 2.31. The average molecular weight is 356 g/mol. The summed E-state index contributed by atoms with van der Waals surface area (Å²) in [5.74, 6) is 0.283. The van der Waals surface area contributed by atoms with Gasteiger partial charge in [0.25, 0.3) is 5.91 Å². The number of carbonyl (C=O) groups is 1. The minimum atomic E-state index is 0.101. The molecule has 3 aromatic heterocycles. The average Bonchev–Trinajstić information content (AvgIpc) is 3.33. The molecule has 130 valence electrons. The minimum absolute atomic E-state index is 0.101. The van der Waals surface area contributed by atoms with Crippen LogP contribution in [0, 0.1) is 6.92 Å². The van der Waals surface area contributed by atoms with Crippen LogP contribution < -0.4 is 5.73 Å². The van der Waals surface area contributed by atoms with E-state index >= 15 is 0 Å². The number of hydrogen-bond acceptors (Lipinski definition) is 6. The summed E-state index contributed by atoms with van der Waals surface area (Å²) in [7, 11) is 0. The van der Waals surface area contributed by atoms with Crippen molar-refractivity contribution in [2.45, 2.75) is 25.8 Å². The lowest BCUT2D eigenvalue weighted by molar-refractivity contribution is 0.0791. The number of carbonyl (C=O) groups excluding carboxylic acids is 1. The molecule has 25 heavy (non-hydrogen) atoms. The van der Waals surface area contributed by atoms with Crippen molar-refractivity contribution in [2.75, 3.05) is 19.6 Å². The lowest BCUT2D eigenvalue weighted by Crippen LogP contribution is -2.28. The number of amides is 1. The maximum atomic E-state index is 12.7. The lowest BCUT2D eigenvalue weighted by atomic mass is 10.0. The molecule has 1 fully saturated rings. The van der Waals surface area contributed by atoms with E-state index in [9.17, 15) is 4.79 Å². The van der Waals surface area contributed by atoms with Gasteiger partial charge in [-0.1, -0.05) is 0 Å². The predicted molar refractivity (Wildman–Crippen MR) is 96.7 cm³/mol. The molecule has 1 aliphatic rings. The van der Waals surface area contributed by atoms with E-state index in [2.05, 4.69) is 9.97 Å². The molecule has 0 saturated carbocycles. The molecule has 0 radical (unpaired) electrons. The Morgan fingerprint density at radius 2 is 2.24 bits per heavy atom. The van der Waals surface area contributed by atoms with Crippen molar-refractivity contribution in [3.63, 3.8) is 0 Å². The van der Waals surface area contributed by atoms with E-state index in [1.54, 1.807) is 23.7 Å². The van der Waals surface area contributed by atoms with Gasteiger partial charge in [-0.25, -0.2) is 14.6 Å². The third-order valence-corrected chi connectivity index (χ3v) is 5.44. The van der Waals surface area contributed by atoms with Crippen LogP contribution in [0.5, 0.6) is 0 Å². The Bertz CT molecular complexity index is 917. The van der Waals surface area contributed by atoms with Crippen LogP contribution in [0.4, 0.5) is 0 Å². The van der Waals surface area contributed by atoms with Crippen LogP contribution >= 0.6 is 11.3 Å². The van der Waals surface area contributed by atoms with Crippen molar-refractivity contribution in [1.29, 1.82) is 0 Å². The first-order valence-corrected chi connectivity index (χ1v) is 9.27. The molecule has 1 saturated heterocycles. The molecule has 0 unspecified atom stereocenters. The van der Waals surface area contributed by atoms with Gasteiger partial charge in [0, 0.05) is 48.2 Å². The van der Waals surface area contributed by atoms with Gasteiger partial charge in [0.1, 0.15) is 5.52 Å². The number of nitrogens with two attached hydrogens (primary N) is 1. The first-order chi connectivity index (χ1) is 12.2. The number of aryl methyl sites for hydroxylation is 1. The number of fused-ring (bicyclic) bond motifs is 1. The Hall–Kier alpha value is -2.32. The Morgan fingerprint density at radius 1 is 1.40 bits per heavy atom. The standard InChI is InChI=1S/C17H20N6OS/c1-11-8-13(10-25-11)17(24)22-6-2-12(9-22)14-15-16(20-5-4-19-15)23(21-14)7-3-18/h4-5,8,10,12H,2-3,6-7,9,18H2,1H3/t12-/m1/s1. The molecule has 0 spiro atoms. The zero-order valence-corrected chi connectivity index (χ0v) is 14.9. The first kappa shape index (κ1) is 16.2. The van der Waals surface area contributed by atoms with Crippen molar-refractivity contribution in [3.05, 3.63) is 40.0 Å². The fourth-order valence-electron chi connectivity index (χ4n) is 3.38. The Labute approximate surface area is 149 Å². The van der Waals surface area contributed by atoms with Crippen LogP contribution in [0.3, 0.4) is 0 Å². The number of likely N-dealkylation sites (tertiary alicyclic amines) is 1. The van der Waals surface area contributed by atoms with E-state index in [4.69, 9.17) is 10.8 Å². The molecule has 7 nitrogen and oxygen atoms in total.